The normalized spacial score (nSPS) is 17.4. The van der Waals surface area contributed by atoms with Crippen LogP contribution < -0.4 is 15.5 Å². The van der Waals surface area contributed by atoms with Crippen LogP contribution in [0.5, 0.6) is 0 Å². The summed E-state index contributed by atoms with van der Waals surface area (Å²) >= 11 is 5.48. The molecule has 1 fully saturated rings. The summed E-state index contributed by atoms with van der Waals surface area (Å²) in [5, 5.41) is 16.2. The molecule has 0 atom stereocenters. The van der Waals surface area contributed by atoms with Gasteiger partial charge in [0, 0.05) is 37.2 Å². The molecule has 0 radical (unpaired) electrons. The van der Waals surface area contributed by atoms with Gasteiger partial charge < -0.3 is 24.8 Å². The number of nitrogens with zero attached hydrogens (tertiary/aromatic N) is 3. The molecule has 0 spiro atoms. The summed E-state index contributed by atoms with van der Waals surface area (Å²) in [5.74, 6) is 2.06. The first-order chi connectivity index (χ1) is 14.3. The summed E-state index contributed by atoms with van der Waals surface area (Å²) in [6, 6.07) is 8.28. The lowest BCUT2D eigenvalue weighted by Gasteiger charge is -2.23. The minimum absolute atomic E-state index is 0.666. The molecule has 4 rings (SSSR count). The summed E-state index contributed by atoms with van der Waals surface area (Å²) in [6.07, 6.45) is 5.77. The van der Waals surface area contributed by atoms with Crippen molar-refractivity contribution in [3.05, 3.63) is 30.1 Å². The number of hydrogen-bond donors (Lipinski definition) is 3. The van der Waals surface area contributed by atoms with Crippen LogP contribution in [0.15, 0.2) is 24.3 Å². The molecule has 8 heteroatoms. The van der Waals surface area contributed by atoms with Crippen molar-refractivity contribution in [3.8, 4) is 11.4 Å². The topological polar surface area (TPSA) is 68.4 Å². The van der Waals surface area contributed by atoms with E-state index < -0.39 is 0 Å². The van der Waals surface area contributed by atoms with Gasteiger partial charge in [0.05, 0.1) is 19.8 Å². The molecule has 29 heavy (non-hydrogen) atoms. The van der Waals surface area contributed by atoms with Crippen LogP contribution in [0, 0.1) is 0 Å². The molecule has 7 nitrogen and oxygen atoms in total. The monoisotopic (exact) mass is 415 g/mol. The van der Waals surface area contributed by atoms with Crippen molar-refractivity contribution in [3.63, 3.8) is 0 Å². The zero-order valence-electron chi connectivity index (χ0n) is 17.0. The number of anilines is 1. The molecule has 2 aliphatic rings. The molecule has 1 aromatic carbocycles. The first-order valence-corrected chi connectivity index (χ1v) is 11.2. The fourth-order valence-corrected chi connectivity index (χ4v) is 4.28. The van der Waals surface area contributed by atoms with Gasteiger partial charge in [-0.25, -0.2) is 0 Å². The van der Waals surface area contributed by atoms with Gasteiger partial charge in [0.25, 0.3) is 0 Å². The Kier molecular flexibility index (Phi) is 7.08. The Labute approximate surface area is 177 Å². The summed E-state index contributed by atoms with van der Waals surface area (Å²) in [7, 11) is 0. The third-order valence-electron chi connectivity index (χ3n) is 5.68. The molecule has 0 unspecified atom stereocenters. The van der Waals surface area contributed by atoms with E-state index in [1.165, 1.54) is 19.3 Å². The third kappa shape index (κ3) is 5.52. The lowest BCUT2D eigenvalue weighted by molar-refractivity contribution is -0.908. The van der Waals surface area contributed by atoms with Gasteiger partial charge in [0.15, 0.2) is 10.9 Å². The van der Waals surface area contributed by atoms with Crippen molar-refractivity contribution in [2.24, 2.45) is 0 Å². The van der Waals surface area contributed by atoms with E-state index in [0.717, 1.165) is 81.7 Å². The van der Waals surface area contributed by atoms with Gasteiger partial charge in [-0.15, -0.1) is 10.2 Å². The molecule has 0 bridgehead atoms. The molecule has 3 heterocycles. The van der Waals surface area contributed by atoms with E-state index in [2.05, 4.69) is 37.5 Å². The number of aromatic nitrogens is 3. The highest BCUT2D eigenvalue weighted by Crippen LogP contribution is 2.24. The Morgan fingerprint density at radius 3 is 2.97 bits per heavy atom. The van der Waals surface area contributed by atoms with E-state index in [-0.39, 0.29) is 0 Å². The highest BCUT2D eigenvalue weighted by Gasteiger charge is 2.16. The highest BCUT2D eigenvalue weighted by molar-refractivity contribution is 7.80. The van der Waals surface area contributed by atoms with Crippen molar-refractivity contribution in [1.29, 1.82) is 0 Å². The van der Waals surface area contributed by atoms with Gasteiger partial charge in [-0.3, -0.25) is 0 Å². The van der Waals surface area contributed by atoms with Crippen LogP contribution in [-0.4, -0.2) is 59.3 Å². The molecule has 0 amide bonds. The Bertz CT molecular complexity index is 817. The molecule has 2 aliphatic heterocycles. The van der Waals surface area contributed by atoms with Crippen LogP contribution in [0.25, 0.3) is 11.4 Å². The number of fused-ring (bicyclic) bond motifs is 1. The van der Waals surface area contributed by atoms with Gasteiger partial charge in [0.2, 0.25) is 0 Å². The molecule has 0 saturated carbocycles. The fourth-order valence-electron chi connectivity index (χ4n) is 4.06. The zero-order chi connectivity index (χ0) is 19.9. The maximum Gasteiger partial charge on any atom is 0.170 e. The molecule has 156 valence electrons. The molecule has 2 aromatic rings. The Morgan fingerprint density at radius 2 is 2.07 bits per heavy atom. The number of nitrogens with one attached hydrogen (secondary N) is 3. The van der Waals surface area contributed by atoms with Crippen molar-refractivity contribution in [2.45, 2.75) is 38.6 Å². The fraction of sp³-hybridized carbons (Fsp3) is 0.571. The second-order valence-electron chi connectivity index (χ2n) is 7.83. The second-order valence-corrected chi connectivity index (χ2v) is 8.24. The Hall–Kier alpha value is -2.03. The summed E-state index contributed by atoms with van der Waals surface area (Å²) < 4.78 is 7.68. The number of aryl methyl sites for hydroxylation is 1. The van der Waals surface area contributed by atoms with Crippen molar-refractivity contribution < 1.29 is 9.64 Å². The molecule has 1 saturated heterocycles. The van der Waals surface area contributed by atoms with Gasteiger partial charge in [-0.1, -0.05) is 18.6 Å². The molecule has 0 aliphatic carbocycles. The van der Waals surface area contributed by atoms with Gasteiger partial charge in [0.1, 0.15) is 18.9 Å². The predicted molar refractivity (Wildman–Crippen MR) is 118 cm³/mol. The quantitative estimate of drug-likeness (QED) is 0.488. The zero-order valence-corrected chi connectivity index (χ0v) is 17.8. The van der Waals surface area contributed by atoms with Crippen LogP contribution in [0.3, 0.4) is 0 Å². The smallest absolute Gasteiger partial charge is 0.170 e. The minimum atomic E-state index is 0.666. The number of rotatable bonds is 6. The van der Waals surface area contributed by atoms with E-state index in [1.807, 2.05) is 12.1 Å². The van der Waals surface area contributed by atoms with Gasteiger partial charge in [-0.05, 0) is 37.2 Å². The van der Waals surface area contributed by atoms with Crippen LogP contribution >= 0.6 is 12.2 Å². The van der Waals surface area contributed by atoms with Crippen molar-refractivity contribution >= 4 is 23.0 Å². The van der Waals surface area contributed by atoms with E-state index in [9.17, 15) is 0 Å². The lowest BCUT2D eigenvalue weighted by atomic mass is 10.2. The number of morpholine rings is 1. The second kappa shape index (κ2) is 10.1. The van der Waals surface area contributed by atoms with E-state index >= 15 is 0 Å². The predicted octanol–water partition coefficient (Wildman–Crippen LogP) is 1.26. The highest BCUT2D eigenvalue weighted by atomic mass is 32.1. The summed E-state index contributed by atoms with van der Waals surface area (Å²) in [6.45, 7) is 7.03. The molecular weight excluding hydrogens is 384 g/mol. The Balaban J connectivity index is 1.30. The first-order valence-electron chi connectivity index (χ1n) is 10.8. The van der Waals surface area contributed by atoms with Crippen LogP contribution in [0.2, 0.25) is 0 Å². The van der Waals surface area contributed by atoms with Crippen LogP contribution in [-0.2, 0) is 17.7 Å². The number of quaternary nitrogens is 1. The third-order valence-corrected chi connectivity index (χ3v) is 5.93. The summed E-state index contributed by atoms with van der Waals surface area (Å²) in [4.78, 5) is 1.62. The summed E-state index contributed by atoms with van der Waals surface area (Å²) in [5.41, 5.74) is 2.05. The van der Waals surface area contributed by atoms with Gasteiger partial charge in [-0.2, -0.15) is 0 Å². The maximum atomic E-state index is 5.48. The van der Waals surface area contributed by atoms with Crippen molar-refractivity contribution in [2.75, 3.05) is 44.7 Å². The number of benzene rings is 1. The first kappa shape index (κ1) is 20.3. The standard InChI is InChI=1S/C21H30N6OS/c29-21(22-9-5-10-26-12-14-28-15-13-26)23-18-7-4-6-17(16-18)20-25-24-19-8-2-1-3-11-27(19)20/h4,6-7,16H,1-3,5,8-15H2,(H2,22,23,29)/p+1. The van der Waals surface area contributed by atoms with Crippen LogP contribution in [0.1, 0.15) is 31.5 Å². The van der Waals surface area contributed by atoms with Crippen molar-refractivity contribution in [1.82, 2.24) is 20.1 Å². The average Bonchev–Trinajstić information content (AvgIpc) is 3.00. The largest absolute Gasteiger partial charge is 0.370 e. The van der Waals surface area contributed by atoms with Gasteiger partial charge >= 0.3 is 0 Å². The van der Waals surface area contributed by atoms with Crippen LogP contribution in [0.4, 0.5) is 5.69 Å². The minimum Gasteiger partial charge on any atom is -0.370 e. The molecular formula is C21H31N6OS+. The molecule has 1 aromatic heterocycles. The Morgan fingerprint density at radius 1 is 1.17 bits per heavy atom. The van der Waals surface area contributed by atoms with E-state index in [4.69, 9.17) is 17.0 Å². The maximum absolute atomic E-state index is 5.48. The molecule has 3 N–H and O–H groups in total. The van der Waals surface area contributed by atoms with E-state index in [0.29, 0.717) is 5.11 Å². The number of ether oxygens (including phenoxy) is 1. The lowest BCUT2D eigenvalue weighted by Crippen LogP contribution is -3.14. The SMILES string of the molecule is S=C(NCCC[NH+]1CCOCC1)Nc1cccc(-c2nnc3n2CCCCC3)c1. The number of hydrogen-bond acceptors (Lipinski definition) is 4. The number of thiocarbonyl (C=S) groups is 1. The average molecular weight is 416 g/mol. The van der Waals surface area contributed by atoms with E-state index in [1.54, 1.807) is 4.90 Å².